The van der Waals surface area contributed by atoms with Gasteiger partial charge in [0.05, 0.1) is 14.2 Å². The van der Waals surface area contributed by atoms with Crippen LogP contribution in [0.15, 0.2) is 42.0 Å². The lowest BCUT2D eigenvalue weighted by molar-refractivity contribution is 0.0711. The number of amides is 1. The fraction of sp³-hybridized carbons (Fsp3) is 0.348. The van der Waals surface area contributed by atoms with Crippen molar-refractivity contribution < 1.29 is 23.0 Å². The van der Waals surface area contributed by atoms with Gasteiger partial charge in [-0.15, -0.1) is 0 Å². The van der Waals surface area contributed by atoms with E-state index in [-0.39, 0.29) is 17.5 Å². The quantitative estimate of drug-likeness (QED) is 0.744. The minimum atomic E-state index is -0.630. The molecule has 2 aromatic rings. The average Bonchev–Trinajstić information content (AvgIpc) is 3.27. The molecule has 0 spiro atoms. The van der Waals surface area contributed by atoms with E-state index in [1.807, 2.05) is 6.92 Å². The molecule has 0 bridgehead atoms. The van der Waals surface area contributed by atoms with E-state index in [4.69, 9.17) is 9.47 Å². The van der Waals surface area contributed by atoms with Crippen molar-refractivity contribution in [3.05, 3.63) is 64.7 Å². The minimum Gasteiger partial charge on any atom is -0.493 e. The highest BCUT2D eigenvalue weighted by Gasteiger charge is 2.28. The summed E-state index contributed by atoms with van der Waals surface area (Å²) in [6.07, 6.45) is 2.48. The van der Waals surface area contributed by atoms with Gasteiger partial charge in [-0.05, 0) is 50.2 Å². The van der Waals surface area contributed by atoms with Gasteiger partial charge in [-0.25, -0.2) is 8.78 Å². The van der Waals surface area contributed by atoms with Gasteiger partial charge in [-0.1, -0.05) is 11.6 Å². The van der Waals surface area contributed by atoms with Crippen molar-refractivity contribution in [3.8, 4) is 11.5 Å². The summed E-state index contributed by atoms with van der Waals surface area (Å²) >= 11 is 0. The van der Waals surface area contributed by atoms with E-state index < -0.39 is 11.6 Å². The molecule has 1 amide bonds. The first-order valence-corrected chi connectivity index (χ1v) is 9.79. The smallest absolute Gasteiger partial charge is 0.254 e. The number of hydrogen-bond donors (Lipinski definition) is 1. The first kappa shape index (κ1) is 21.8. The van der Waals surface area contributed by atoms with Gasteiger partial charge in [0.2, 0.25) is 0 Å². The Labute approximate surface area is 175 Å². The van der Waals surface area contributed by atoms with Crippen LogP contribution in [0.2, 0.25) is 0 Å². The molecule has 1 saturated heterocycles. The maximum absolute atomic E-state index is 14.0. The van der Waals surface area contributed by atoms with Gasteiger partial charge in [0.1, 0.15) is 11.6 Å². The number of methoxy groups -OCH3 is 2. The van der Waals surface area contributed by atoms with Gasteiger partial charge in [-0.2, -0.15) is 0 Å². The lowest BCUT2D eigenvalue weighted by Gasteiger charge is -2.29. The van der Waals surface area contributed by atoms with Crippen LogP contribution in [0, 0.1) is 11.6 Å². The monoisotopic (exact) mass is 416 g/mol. The fourth-order valence-corrected chi connectivity index (χ4v) is 3.61. The SMILES string of the molecule is COc1ccc(C(=O)N(C/C(C)=C\c2ccc(F)cc2F)C2CCNC2)cc1OC. The highest BCUT2D eigenvalue weighted by Crippen LogP contribution is 2.29. The number of nitrogens with one attached hydrogen (secondary N) is 1. The number of hydrogen-bond acceptors (Lipinski definition) is 4. The maximum Gasteiger partial charge on any atom is 0.254 e. The molecule has 0 saturated carbocycles. The normalized spacial score (nSPS) is 16.4. The Morgan fingerprint density at radius 2 is 1.93 bits per heavy atom. The molecule has 1 atom stereocenters. The third kappa shape index (κ3) is 4.97. The lowest BCUT2D eigenvalue weighted by Crippen LogP contribution is -2.42. The number of carbonyl (C=O) groups excluding carboxylic acids is 1. The third-order valence-electron chi connectivity index (χ3n) is 5.15. The highest BCUT2D eigenvalue weighted by atomic mass is 19.1. The van der Waals surface area contributed by atoms with Gasteiger partial charge >= 0.3 is 0 Å². The number of rotatable bonds is 7. The fourth-order valence-electron chi connectivity index (χ4n) is 3.61. The van der Waals surface area contributed by atoms with Crippen LogP contribution >= 0.6 is 0 Å². The number of nitrogens with zero attached hydrogens (tertiary/aromatic N) is 1. The molecule has 0 aromatic heterocycles. The Hall–Kier alpha value is -2.93. The van der Waals surface area contributed by atoms with Crippen molar-refractivity contribution in [3.63, 3.8) is 0 Å². The predicted molar refractivity (Wildman–Crippen MR) is 112 cm³/mol. The Morgan fingerprint density at radius 1 is 1.17 bits per heavy atom. The summed E-state index contributed by atoms with van der Waals surface area (Å²) in [5, 5.41) is 3.28. The van der Waals surface area contributed by atoms with E-state index in [2.05, 4.69) is 5.32 Å². The highest BCUT2D eigenvalue weighted by molar-refractivity contribution is 5.95. The largest absolute Gasteiger partial charge is 0.493 e. The predicted octanol–water partition coefficient (Wildman–Crippen LogP) is 3.89. The van der Waals surface area contributed by atoms with Crippen molar-refractivity contribution >= 4 is 12.0 Å². The summed E-state index contributed by atoms with van der Waals surface area (Å²) in [5.74, 6) is -0.365. The topological polar surface area (TPSA) is 50.8 Å². The molecule has 30 heavy (non-hydrogen) atoms. The molecule has 2 aromatic carbocycles. The zero-order valence-corrected chi connectivity index (χ0v) is 17.4. The lowest BCUT2D eigenvalue weighted by atomic mass is 10.1. The summed E-state index contributed by atoms with van der Waals surface area (Å²) in [5.41, 5.74) is 1.57. The molecule has 1 fully saturated rings. The number of carbonyl (C=O) groups is 1. The van der Waals surface area contributed by atoms with Crippen LogP contribution in [-0.4, -0.2) is 50.7 Å². The van der Waals surface area contributed by atoms with E-state index in [1.54, 1.807) is 36.3 Å². The zero-order valence-electron chi connectivity index (χ0n) is 17.4. The molecule has 1 N–H and O–H groups in total. The van der Waals surface area contributed by atoms with Crippen LogP contribution in [0.5, 0.6) is 11.5 Å². The second-order valence-corrected chi connectivity index (χ2v) is 7.31. The van der Waals surface area contributed by atoms with E-state index in [9.17, 15) is 13.6 Å². The molecule has 1 heterocycles. The van der Waals surface area contributed by atoms with E-state index in [0.29, 0.717) is 30.2 Å². The van der Waals surface area contributed by atoms with E-state index in [0.717, 1.165) is 24.6 Å². The second-order valence-electron chi connectivity index (χ2n) is 7.31. The molecule has 0 aliphatic carbocycles. The molecule has 5 nitrogen and oxygen atoms in total. The molecule has 3 rings (SSSR count). The Kier molecular flexibility index (Phi) is 7.05. The van der Waals surface area contributed by atoms with Crippen molar-refractivity contribution in [2.24, 2.45) is 0 Å². The molecule has 1 aliphatic rings. The van der Waals surface area contributed by atoms with Crippen molar-refractivity contribution in [2.75, 3.05) is 33.9 Å². The molecular weight excluding hydrogens is 390 g/mol. The molecule has 0 radical (unpaired) electrons. The summed E-state index contributed by atoms with van der Waals surface area (Å²) in [6.45, 7) is 3.68. The van der Waals surface area contributed by atoms with Gasteiger partial charge in [0, 0.05) is 36.3 Å². The maximum atomic E-state index is 14.0. The van der Waals surface area contributed by atoms with Crippen LogP contribution < -0.4 is 14.8 Å². The minimum absolute atomic E-state index is 0.0204. The molecule has 7 heteroatoms. The summed E-state index contributed by atoms with van der Waals surface area (Å²) < 4.78 is 37.8. The first-order chi connectivity index (χ1) is 14.4. The van der Waals surface area contributed by atoms with Crippen LogP contribution in [-0.2, 0) is 0 Å². The number of benzene rings is 2. The van der Waals surface area contributed by atoms with Crippen LogP contribution in [0.1, 0.15) is 29.3 Å². The third-order valence-corrected chi connectivity index (χ3v) is 5.15. The van der Waals surface area contributed by atoms with E-state index >= 15 is 0 Å². The second kappa shape index (κ2) is 9.71. The molecule has 1 unspecified atom stereocenters. The van der Waals surface area contributed by atoms with Crippen molar-refractivity contribution in [1.29, 1.82) is 0 Å². The molecule has 1 aliphatic heterocycles. The summed E-state index contributed by atoms with van der Waals surface area (Å²) in [4.78, 5) is 15.1. The molecular formula is C23H26F2N2O3. The Balaban J connectivity index is 1.87. The first-order valence-electron chi connectivity index (χ1n) is 9.79. The Morgan fingerprint density at radius 3 is 2.57 bits per heavy atom. The van der Waals surface area contributed by atoms with Crippen LogP contribution in [0.3, 0.4) is 0 Å². The van der Waals surface area contributed by atoms with Gasteiger partial charge in [0.15, 0.2) is 11.5 Å². The van der Waals surface area contributed by atoms with Crippen LogP contribution in [0.25, 0.3) is 6.08 Å². The summed E-state index contributed by atoms with van der Waals surface area (Å²) in [6, 6.07) is 8.56. The van der Waals surface area contributed by atoms with Crippen molar-refractivity contribution in [1.82, 2.24) is 10.2 Å². The van der Waals surface area contributed by atoms with Crippen molar-refractivity contribution in [2.45, 2.75) is 19.4 Å². The van der Waals surface area contributed by atoms with E-state index in [1.165, 1.54) is 19.2 Å². The zero-order chi connectivity index (χ0) is 21.7. The van der Waals surface area contributed by atoms with Crippen LogP contribution in [0.4, 0.5) is 8.78 Å². The Bertz CT molecular complexity index is 940. The summed E-state index contributed by atoms with van der Waals surface area (Å²) in [7, 11) is 3.06. The average molecular weight is 416 g/mol. The number of ether oxygens (including phenoxy) is 2. The number of halogens is 2. The van der Waals surface area contributed by atoms with Gasteiger partial charge in [0.25, 0.3) is 5.91 Å². The molecule has 160 valence electrons. The van der Waals surface area contributed by atoms with Gasteiger partial charge in [-0.3, -0.25) is 4.79 Å². The standard InChI is InChI=1S/C23H26F2N2O3/c1-15(10-16-4-6-18(24)12-20(16)25)14-27(19-8-9-26-13-19)23(28)17-5-7-21(29-2)22(11-17)30-3/h4-7,10-12,19,26H,8-9,13-14H2,1-3H3/b15-10-. The van der Waals surface area contributed by atoms with Gasteiger partial charge < -0.3 is 19.7 Å².